The van der Waals surface area contributed by atoms with E-state index in [1.54, 1.807) is 12.1 Å². The second-order valence-electron chi connectivity index (χ2n) is 8.42. The van der Waals surface area contributed by atoms with Gasteiger partial charge in [-0.05, 0) is 72.2 Å². The SMILES string of the molecule is O=C(NC[C@H]1C[C@H](c2c(-c3ccc(F)cc3)[nH]c3c(F)cc(F)cc32)C1)c1ccc(=O)[nH]c1. The molecule has 0 aliphatic heterocycles. The van der Waals surface area contributed by atoms with Crippen molar-refractivity contribution in [3.8, 4) is 11.3 Å². The van der Waals surface area contributed by atoms with E-state index in [1.165, 1.54) is 36.5 Å². The highest BCUT2D eigenvalue weighted by atomic mass is 19.1. The third-order valence-corrected chi connectivity index (χ3v) is 6.24. The molecule has 5 rings (SSSR count). The summed E-state index contributed by atoms with van der Waals surface area (Å²) in [7, 11) is 0. The molecule has 1 saturated carbocycles. The first-order valence-electron chi connectivity index (χ1n) is 10.6. The molecule has 168 valence electrons. The van der Waals surface area contributed by atoms with Crippen molar-refractivity contribution in [1.29, 1.82) is 0 Å². The summed E-state index contributed by atoms with van der Waals surface area (Å²) < 4.78 is 41.9. The monoisotopic (exact) mass is 451 g/mol. The van der Waals surface area contributed by atoms with Crippen LogP contribution in [0.3, 0.4) is 0 Å². The van der Waals surface area contributed by atoms with Crippen molar-refractivity contribution in [1.82, 2.24) is 15.3 Å². The van der Waals surface area contributed by atoms with Crippen molar-refractivity contribution < 1.29 is 18.0 Å². The molecule has 3 N–H and O–H groups in total. The van der Waals surface area contributed by atoms with Gasteiger partial charge >= 0.3 is 0 Å². The van der Waals surface area contributed by atoms with Crippen LogP contribution in [-0.2, 0) is 0 Å². The van der Waals surface area contributed by atoms with Gasteiger partial charge in [0.2, 0.25) is 5.56 Å². The van der Waals surface area contributed by atoms with Crippen molar-refractivity contribution in [2.24, 2.45) is 5.92 Å². The number of amides is 1. The zero-order valence-corrected chi connectivity index (χ0v) is 17.4. The molecule has 0 bridgehead atoms. The van der Waals surface area contributed by atoms with E-state index in [4.69, 9.17) is 0 Å². The maximum Gasteiger partial charge on any atom is 0.252 e. The van der Waals surface area contributed by atoms with Crippen LogP contribution in [0.25, 0.3) is 22.2 Å². The van der Waals surface area contributed by atoms with Crippen molar-refractivity contribution >= 4 is 16.8 Å². The molecule has 2 aromatic heterocycles. The van der Waals surface area contributed by atoms with E-state index in [0.29, 0.717) is 28.8 Å². The van der Waals surface area contributed by atoms with Crippen LogP contribution in [0.2, 0.25) is 0 Å². The molecule has 1 fully saturated rings. The van der Waals surface area contributed by atoms with Gasteiger partial charge in [0.05, 0.1) is 16.8 Å². The number of H-pyrrole nitrogens is 2. The Hall–Kier alpha value is -3.81. The van der Waals surface area contributed by atoms with Crippen LogP contribution in [0.15, 0.2) is 59.5 Å². The molecule has 33 heavy (non-hydrogen) atoms. The van der Waals surface area contributed by atoms with Crippen LogP contribution in [0, 0.1) is 23.4 Å². The molecular formula is C25H20F3N3O2. The highest BCUT2D eigenvalue weighted by Crippen LogP contribution is 2.48. The Balaban J connectivity index is 1.37. The smallest absolute Gasteiger partial charge is 0.252 e. The number of carbonyl (C=O) groups is 1. The Morgan fingerprint density at radius 3 is 2.45 bits per heavy atom. The van der Waals surface area contributed by atoms with E-state index in [2.05, 4.69) is 15.3 Å². The fourth-order valence-electron chi connectivity index (χ4n) is 4.54. The topological polar surface area (TPSA) is 77.8 Å². The number of aromatic amines is 2. The minimum atomic E-state index is -0.677. The van der Waals surface area contributed by atoms with Crippen LogP contribution >= 0.6 is 0 Å². The molecule has 8 heteroatoms. The zero-order valence-electron chi connectivity index (χ0n) is 17.4. The number of hydrogen-bond acceptors (Lipinski definition) is 2. The van der Waals surface area contributed by atoms with Gasteiger partial charge in [0.25, 0.3) is 5.91 Å². The van der Waals surface area contributed by atoms with Gasteiger partial charge in [-0.1, -0.05) is 0 Å². The first kappa shape index (κ1) is 21.1. The molecule has 0 radical (unpaired) electrons. The molecule has 1 aliphatic carbocycles. The number of hydrogen-bond donors (Lipinski definition) is 3. The molecule has 1 amide bonds. The van der Waals surface area contributed by atoms with E-state index in [9.17, 15) is 22.8 Å². The lowest BCUT2D eigenvalue weighted by molar-refractivity contribution is 0.0935. The largest absolute Gasteiger partial charge is 0.352 e. The summed E-state index contributed by atoms with van der Waals surface area (Å²) in [6, 6.07) is 10.8. The van der Waals surface area contributed by atoms with E-state index >= 15 is 0 Å². The predicted octanol–water partition coefficient (Wildman–Crippen LogP) is 4.86. The molecule has 2 aromatic carbocycles. The number of halogens is 3. The molecule has 0 spiro atoms. The summed E-state index contributed by atoms with van der Waals surface area (Å²) in [6.45, 7) is 0.450. The molecule has 0 atom stereocenters. The Labute approximate surface area is 186 Å². The number of aromatic nitrogens is 2. The Kier molecular flexibility index (Phi) is 5.28. The molecule has 2 heterocycles. The van der Waals surface area contributed by atoms with Gasteiger partial charge in [0.1, 0.15) is 17.5 Å². The van der Waals surface area contributed by atoms with Gasteiger partial charge in [-0.2, -0.15) is 0 Å². The van der Waals surface area contributed by atoms with Crippen molar-refractivity contribution in [3.63, 3.8) is 0 Å². The normalized spacial score (nSPS) is 17.7. The number of nitrogens with one attached hydrogen (secondary N) is 3. The maximum atomic E-state index is 14.5. The van der Waals surface area contributed by atoms with E-state index < -0.39 is 11.6 Å². The average Bonchev–Trinajstić information content (AvgIpc) is 3.13. The molecule has 0 unspecified atom stereocenters. The molecule has 0 saturated heterocycles. The van der Waals surface area contributed by atoms with Crippen LogP contribution in [0.1, 0.15) is 34.7 Å². The van der Waals surface area contributed by atoms with Gasteiger partial charge in [0.15, 0.2) is 0 Å². The Morgan fingerprint density at radius 2 is 1.76 bits per heavy atom. The second kappa shape index (κ2) is 8.27. The maximum absolute atomic E-state index is 14.5. The number of rotatable bonds is 5. The minimum absolute atomic E-state index is 0.0370. The number of carbonyl (C=O) groups excluding carboxylic acids is 1. The van der Waals surface area contributed by atoms with Crippen molar-refractivity contribution in [2.75, 3.05) is 6.54 Å². The first-order valence-corrected chi connectivity index (χ1v) is 10.6. The lowest BCUT2D eigenvalue weighted by Gasteiger charge is -2.36. The van der Waals surface area contributed by atoms with Gasteiger partial charge in [-0.15, -0.1) is 0 Å². The van der Waals surface area contributed by atoms with E-state index in [1.807, 2.05) is 0 Å². The fraction of sp³-hybridized carbons (Fsp3) is 0.200. The fourth-order valence-corrected chi connectivity index (χ4v) is 4.54. The lowest BCUT2D eigenvalue weighted by atomic mass is 9.70. The summed E-state index contributed by atoms with van der Waals surface area (Å²) in [5.74, 6) is -1.76. The summed E-state index contributed by atoms with van der Waals surface area (Å²) in [5.41, 5.74) is 2.45. The van der Waals surface area contributed by atoms with Crippen LogP contribution in [0.4, 0.5) is 13.2 Å². The van der Waals surface area contributed by atoms with Crippen LogP contribution < -0.4 is 10.9 Å². The second-order valence-corrected chi connectivity index (χ2v) is 8.42. The highest BCUT2D eigenvalue weighted by Gasteiger charge is 2.34. The first-order chi connectivity index (χ1) is 15.9. The van der Waals surface area contributed by atoms with Crippen molar-refractivity contribution in [3.05, 3.63) is 93.7 Å². The molecule has 4 aromatic rings. The lowest BCUT2D eigenvalue weighted by Crippen LogP contribution is -2.35. The molecular weight excluding hydrogens is 431 g/mol. The third kappa shape index (κ3) is 4.04. The zero-order chi connectivity index (χ0) is 23.1. The van der Waals surface area contributed by atoms with Crippen molar-refractivity contribution in [2.45, 2.75) is 18.8 Å². The van der Waals surface area contributed by atoms with Gasteiger partial charge in [-0.3, -0.25) is 9.59 Å². The number of pyridine rings is 1. The van der Waals surface area contributed by atoms with Gasteiger partial charge < -0.3 is 15.3 Å². The third-order valence-electron chi connectivity index (χ3n) is 6.24. The van der Waals surface area contributed by atoms with Crippen LogP contribution in [-0.4, -0.2) is 22.4 Å². The average molecular weight is 451 g/mol. The summed E-state index contributed by atoms with van der Waals surface area (Å²) in [5, 5.41) is 3.34. The van der Waals surface area contributed by atoms with E-state index in [-0.39, 0.29) is 34.6 Å². The Morgan fingerprint density at radius 1 is 1.00 bits per heavy atom. The van der Waals surface area contributed by atoms with Gasteiger partial charge in [-0.25, -0.2) is 13.2 Å². The number of benzene rings is 2. The van der Waals surface area contributed by atoms with E-state index in [0.717, 1.165) is 24.5 Å². The standard InChI is InChI=1S/C25H20F3N3O2/c26-17-4-1-14(2-5-17)23-22(19-9-18(27)10-20(28)24(19)31-23)16-7-13(8-16)11-30-25(33)15-3-6-21(32)29-12-15/h1-6,9-10,12-13,16,31H,7-8,11H2,(H,29,32)(H,30,33)/t13-,16-. The Bertz CT molecular complexity index is 1380. The predicted molar refractivity (Wildman–Crippen MR) is 118 cm³/mol. The summed E-state index contributed by atoms with van der Waals surface area (Å²) in [4.78, 5) is 29.0. The summed E-state index contributed by atoms with van der Waals surface area (Å²) >= 11 is 0. The van der Waals surface area contributed by atoms with Gasteiger partial charge in [0, 0.05) is 30.3 Å². The molecule has 1 aliphatic rings. The summed E-state index contributed by atoms with van der Waals surface area (Å²) in [6.07, 6.45) is 2.82. The van der Waals surface area contributed by atoms with Crippen LogP contribution in [0.5, 0.6) is 0 Å². The minimum Gasteiger partial charge on any atom is -0.352 e. The quantitative estimate of drug-likeness (QED) is 0.405. The number of fused-ring (bicyclic) bond motifs is 1. The highest BCUT2D eigenvalue weighted by molar-refractivity contribution is 5.94. The molecule has 5 nitrogen and oxygen atoms in total.